The molecule has 0 atom stereocenters. The number of H-pyrrole nitrogens is 1. The Kier molecular flexibility index (Phi) is 6.56. The predicted octanol–water partition coefficient (Wildman–Crippen LogP) is 4.35. The maximum atomic E-state index is 13.6. The van der Waals surface area contributed by atoms with Crippen molar-refractivity contribution in [3.63, 3.8) is 0 Å². The fourth-order valence-corrected chi connectivity index (χ4v) is 4.06. The number of amides is 1. The lowest BCUT2D eigenvalue weighted by atomic mass is 10.0. The van der Waals surface area contributed by atoms with E-state index in [4.69, 9.17) is 11.5 Å². The first-order valence-corrected chi connectivity index (χ1v) is 11.7. The number of nitrogen functional groups attached to an aromatic ring is 2. The van der Waals surface area contributed by atoms with Crippen molar-refractivity contribution in [2.75, 3.05) is 23.8 Å². The summed E-state index contributed by atoms with van der Waals surface area (Å²) in [7, 11) is 1.57. The van der Waals surface area contributed by atoms with E-state index in [2.05, 4.69) is 25.5 Å². The van der Waals surface area contributed by atoms with E-state index in [0.29, 0.717) is 35.1 Å². The number of anilines is 3. The largest absolute Gasteiger partial charge is 0.397 e. The monoisotopic (exact) mass is 514 g/mol. The molecule has 3 aromatic heterocycles. The molecule has 1 amide bonds. The van der Waals surface area contributed by atoms with Crippen molar-refractivity contribution in [2.24, 2.45) is 0 Å². The number of halogens is 2. The fraction of sp³-hybridized carbons (Fsp3) is 0.111. The van der Waals surface area contributed by atoms with Crippen LogP contribution in [0.2, 0.25) is 0 Å². The molecule has 2 aromatic carbocycles. The SMILES string of the molecule is CN(Cc1ccc(F)c(F)c1)C(=O)c1cc(N)cnc1NCc1ccc(-c2cnc3[nH]nc(N)c3c2)cc1. The summed E-state index contributed by atoms with van der Waals surface area (Å²) < 4.78 is 26.8. The molecule has 0 saturated heterocycles. The maximum absolute atomic E-state index is 13.6. The second kappa shape index (κ2) is 10.1. The van der Waals surface area contributed by atoms with Crippen molar-refractivity contribution in [3.8, 4) is 11.1 Å². The summed E-state index contributed by atoms with van der Waals surface area (Å²) in [6, 6.07) is 14.8. The van der Waals surface area contributed by atoms with Crippen LogP contribution < -0.4 is 16.8 Å². The van der Waals surface area contributed by atoms with Crippen molar-refractivity contribution < 1.29 is 13.6 Å². The molecule has 0 fully saturated rings. The van der Waals surface area contributed by atoms with E-state index >= 15 is 0 Å². The number of carbonyl (C=O) groups is 1. The van der Waals surface area contributed by atoms with E-state index < -0.39 is 11.6 Å². The number of nitrogens with zero attached hydrogens (tertiary/aromatic N) is 4. The van der Waals surface area contributed by atoms with E-state index in [9.17, 15) is 13.6 Å². The van der Waals surface area contributed by atoms with Crippen LogP contribution in [-0.2, 0) is 13.1 Å². The number of aromatic nitrogens is 4. The molecule has 0 saturated carbocycles. The second-order valence-electron chi connectivity index (χ2n) is 8.85. The van der Waals surface area contributed by atoms with Gasteiger partial charge in [0.2, 0.25) is 0 Å². The number of pyridine rings is 2. The van der Waals surface area contributed by atoms with Crippen LogP contribution in [0.15, 0.2) is 67.0 Å². The average molecular weight is 515 g/mol. The molecule has 0 aliphatic rings. The molecule has 5 rings (SSSR count). The number of benzene rings is 2. The Morgan fingerprint density at radius 3 is 2.47 bits per heavy atom. The highest BCUT2D eigenvalue weighted by atomic mass is 19.2. The Bertz CT molecular complexity index is 1630. The Morgan fingerprint density at radius 2 is 1.71 bits per heavy atom. The predicted molar refractivity (Wildman–Crippen MR) is 142 cm³/mol. The average Bonchev–Trinajstić information content (AvgIpc) is 3.29. The van der Waals surface area contributed by atoms with Gasteiger partial charge in [-0.25, -0.2) is 18.7 Å². The number of aromatic amines is 1. The lowest BCUT2D eigenvalue weighted by molar-refractivity contribution is 0.0785. The van der Waals surface area contributed by atoms with Gasteiger partial charge in [-0.15, -0.1) is 0 Å². The van der Waals surface area contributed by atoms with Crippen LogP contribution in [0, 0.1) is 11.6 Å². The van der Waals surface area contributed by atoms with Crippen molar-refractivity contribution >= 4 is 34.3 Å². The minimum Gasteiger partial charge on any atom is -0.397 e. The molecule has 0 radical (unpaired) electrons. The van der Waals surface area contributed by atoms with Gasteiger partial charge in [0.25, 0.3) is 5.91 Å². The number of fused-ring (bicyclic) bond motifs is 1. The van der Waals surface area contributed by atoms with E-state index in [1.54, 1.807) is 13.2 Å². The summed E-state index contributed by atoms with van der Waals surface area (Å²) >= 11 is 0. The quantitative estimate of drug-likeness (QED) is 0.253. The Morgan fingerprint density at radius 1 is 0.947 bits per heavy atom. The van der Waals surface area contributed by atoms with E-state index in [1.807, 2.05) is 30.3 Å². The third kappa shape index (κ3) is 5.07. The highest BCUT2D eigenvalue weighted by molar-refractivity contribution is 5.99. The minimum absolute atomic E-state index is 0.0802. The van der Waals surface area contributed by atoms with Crippen molar-refractivity contribution in [1.29, 1.82) is 0 Å². The first kappa shape index (κ1) is 24.6. The summed E-state index contributed by atoms with van der Waals surface area (Å²) in [5.74, 6) is -1.52. The zero-order valence-corrected chi connectivity index (χ0v) is 20.4. The number of nitrogens with one attached hydrogen (secondary N) is 2. The smallest absolute Gasteiger partial charge is 0.257 e. The van der Waals surface area contributed by atoms with Crippen LogP contribution in [0.1, 0.15) is 21.5 Å². The summed E-state index contributed by atoms with van der Waals surface area (Å²) in [5.41, 5.74) is 16.3. The number of rotatable bonds is 7. The molecular formula is C27H24F2N8O. The minimum atomic E-state index is -0.968. The summed E-state index contributed by atoms with van der Waals surface area (Å²) in [6.07, 6.45) is 3.21. The van der Waals surface area contributed by atoms with Crippen LogP contribution >= 0.6 is 0 Å². The Balaban J connectivity index is 1.29. The Hall–Kier alpha value is -5.06. The van der Waals surface area contributed by atoms with Crippen LogP contribution in [0.3, 0.4) is 0 Å². The molecular weight excluding hydrogens is 490 g/mol. The van der Waals surface area contributed by atoms with Gasteiger partial charge in [0.15, 0.2) is 23.1 Å². The van der Waals surface area contributed by atoms with Gasteiger partial charge in [-0.05, 0) is 41.0 Å². The van der Waals surface area contributed by atoms with Crippen LogP contribution in [0.5, 0.6) is 0 Å². The topological polar surface area (TPSA) is 139 Å². The Labute approximate surface area is 216 Å². The van der Waals surface area contributed by atoms with Gasteiger partial charge in [-0.1, -0.05) is 30.3 Å². The van der Waals surface area contributed by atoms with Crippen LogP contribution in [0.4, 0.5) is 26.1 Å². The third-order valence-electron chi connectivity index (χ3n) is 6.08. The van der Waals surface area contributed by atoms with Gasteiger partial charge in [-0.2, -0.15) is 5.10 Å². The standard InChI is InChI=1S/C27H24F2N8O/c1-37(14-16-4-7-22(28)23(29)8-16)27(38)21-10-19(30)13-34-25(21)32-11-15-2-5-17(6-3-15)18-9-20-24(31)35-36-26(20)33-12-18/h2-10,12-13H,11,14,30H2,1H3,(H,32,34)(H3,31,33,35,36). The number of hydrogen-bond donors (Lipinski definition) is 4. The molecule has 0 aliphatic heterocycles. The number of carbonyl (C=O) groups excluding carboxylic acids is 1. The molecule has 3 heterocycles. The maximum Gasteiger partial charge on any atom is 0.257 e. The van der Waals surface area contributed by atoms with E-state index in [0.717, 1.165) is 34.2 Å². The zero-order valence-electron chi connectivity index (χ0n) is 20.4. The molecule has 6 N–H and O–H groups in total. The molecule has 0 bridgehead atoms. The van der Waals surface area contributed by atoms with Crippen molar-refractivity contribution in [1.82, 2.24) is 25.1 Å². The summed E-state index contributed by atoms with van der Waals surface area (Å²) in [5, 5.41) is 10.7. The highest BCUT2D eigenvalue weighted by Crippen LogP contribution is 2.25. The lowest BCUT2D eigenvalue weighted by Gasteiger charge is -2.20. The highest BCUT2D eigenvalue weighted by Gasteiger charge is 2.18. The van der Waals surface area contributed by atoms with Crippen LogP contribution in [-0.4, -0.2) is 38.0 Å². The molecule has 0 unspecified atom stereocenters. The second-order valence-corrected chi connectivity index (χ2v) is 8.85. The van der Waals surface area contributed by atoms with E-state index in [1.165, 1.54) is 23.2 Å². The molecule has 9 nitrogen and oxygen atoms in total. The van der Waals surface area contributed by atoms with Gasteiger partial charge in [0.05, 0.1) is 22.8 Å². The van der Waals surface area contributed by atoms with Crippen LogP contribution in [0.25, 0.3) is 22.2 Å². The summed E-state index contributed by atoms with van der Waals surface area (Å²) in [4.78, 5) is 23.2. The molecule has 38 heavy (non-hydrogen) atoms. The third-order valence-corrected chi connectivity index (χ3v) is 6.08. The lowest BCUT2D eigenvalue weighted by Crippen LogP contribution is -2.27. The molecule has 5 aromatic rings. The fourth-order valence-electron chi connectivity index (χ4n) is 4.06. The van der Waals surface area contributed by atoms with Gasteiger partial charge in [-0.3, -0.25) is 9.89 Å². The number of hydrogen-bond acceptors (Lipinski definition) is 7. The first-order chi connectivity index (χ1) is 18.3. The molecule has 0 aliphatic carbocycles. The van der Waals surface area contributed by atoms with Gasteiger partial charge in [0, 0.05) is 31.9 Å². The van der Waals surface area contributed by atoms with E-state index in [-0.39, 0.29) is 18.0 Å². The van der Waals surface area contributed by atoms with Gasteiger partial charge in [0.1, 0.15) is 5.82 Å². The molecule has 0 spiro atoms. The number of nitrogens with two attached hydrogens (primary N) is 2. The van der Waals surface area contributed by atoms with Gasteiger partial charge < -0.3 is 21.7 Å². The molecule has 11 heteroatoms. The van der Waals surface area contributed by atoms with Crippen molar-refractivity contribution in [3.05, 3.63) is 95.3 Å². The normalized spacial score (nSPS) is 11.0. The first-order valence-electron chi connectivity index (χ1n) is 11.7. The van der Waals surface area contributed by atoms with Crippen molar-refractivity contribution in [2.45, 2.75) is 13.1 Å². The van der Waals surface area contributed by atoms with Gasteiger partial charge >= 0.3 is 0 Å². The summed E-state index contributed by atoms with van der Waals surface area (Å²) in [6.45, 7) is 0.479. The zero-order chi connectivity index (χ0) is 26.8. The molecule has 192 valence electrons.